The lowest BCUT2D eigenvalue weighted by Crippen LogP contribution is -2.23. The van der Waals surface area contributed by atoms with Gasteiger partial charge >= 0.3 is 16.8 Å². The highest BCUT2D eigenvalue weighted by molar-refractivity contribution is 7.94. The Kier molecular flexibility index (Phi) is 3.26. The molecule has 13 heavy (non-hydrogen) atoms. The van der Waals surface area contributed by atoms with Gasteiger partial charge in [-0.05, 0) is 0 Å². The average Bonchev–Trinajstić information content (AvgIpc) is 1.43. The van der Waals surface area contributed by atoms with Crippen LogP contribution in [0, 0.1) is 0 Å². The summed E-state index contributed by atoms with van der Waals surface area (Å²) in [6, 6.07) is 0. The van der Waals surface area contributed by atoms with E-state index in [1.54, 1.807) is 0 Å². The van der Waals surface area contributed by atoms with E-state index < -0.39 is 27.2 Å². The van der Waals surface area contributed by atoms with Gasteiger partial charge in [0.05, 0.1) is 0 Å². The SMILES string of the molecule is O=S(=O)([O-])OS(=O)(=O)OC(F)(F)F. The summed E-state index contributed by atoms with van der Waals surface area (Å²) in [4.78, 5) is 0. The maximum Gasteiger partial charge on any atom is 0.538 e. The first-order chi connectivity index (χ1) is 5.41. The van der Waals surface area contributed by atoms with E-state index >= 15 is 0 Å². The monoisotopic (exact) mass is 245 g/mol. The fourth-order valence-electron chi connectivity index (χ4n) is 0.232. The predicted octanol–water partition coefficient (Wildman–Crippen LogP) is -0.756. The molecule has 0 aromatic heterocycles. The molecule has 0 aliphatic carbocycles. The van der Waals surface area contributed by atoms with E-state index in [0.29, 0.717) is 0 Å². The molecule has 7 nitrogen and oxygen atoms in total. The number of rotatable bonds is 3. The van der Waals surface area contributed by atoms with E-state index in [9.17, 15) is 34.6 Å². The Bertz CT molecular complexity index is 359. The van der Waals surface area contributed by atoms with E-state index in [2.05, 4.69) is 7.81 Å². The van der Waals surface area contributed by atoms with Crippen LogP contribution in [-0.4, -0.2) is 27.8 Å². The van der Waals surface area contributed by atoms with Crippen LogP contribution in [0.3, 0.4) is 0 Å². The molecule has 0 aliphatic rings. The quantitative estimate of drug-likeness (QED) is 0.474. The van der Waals surface area contributed by atoms with E-state index in [-0.39, 0.29) is 0 Å². The fraction of sp³-hybridized carbons (Fsp3) is 1.00. The molecule has 0 saturated heterocycles. The second-order valence-corrected chi connectivity index (χ2v) is 3.76. The molecule has 12 heteroatoms. The smallest absolute Gasteiger partial charge is 0.538 e. The van der Waals surface area contributed by atoms with Gasteiger partial charge in [-0.25, -0.2) is 8.42 Å². The van der Waals surface area contributed by atoms with Crippen LogP contribution >= 0.6 is 0 Å². The first kappa shape index (κ1) is 12.6. The van der Waals surface area contributed by atoms with Crippen molar-refractivity contribution in [1.29, 1.82) is 0 Å². The van der Waals surface area contributed by atoms with Crippen LogP contribution < -0.4 is 0 Å². The molecule has 0 aliphatic heterocycles. The maximum atomic E-state index is 11.1. The van der Waals surface area contributed by atoms with E-state index in [4.69, 9.17) is 0 Å². The summed E-state index contributed by atoms with van der Waals surface area (Å²) in [5, 5.41) is 0. The van der Waals surface area contributed by atoms with Crippen molar-refractivity contribution >= 4 is 20.8 Å². The molecule has 0 saturated carbocycles. The van der Waals surface area contributed by atoms with Crippen LogP contribution in [0.1, 0.15) is 0 Å². The zero-order valence-corrected chi connectivity index (χ0v) is 6.94. The maximum absolute atomic E-state index is 11.1. The van der Waals surface area contributed by atoms with Gasteiger partial charge in [0, 0.05) is 0 Å². The van der Waals surface area contributed by atoms with Gasteiger partial charge in [0.25, 0.3) is 0 Å². The topological polar surface area (TPSA) is 110 Å². The minimum atomic E-state index is -5.92. The first-order valence-electron chi connectivity index (χ1n) is 2.10. The third-order valence-corrected chi connectivity index (χ3v) is 2.09. The van der Waals surface area contributed by atoms with Crippen LogP contribution in [0.5, 0.6) is 0 Å². The predicted molar refractivity (Wildman–Crippen MR) is 26.8 cm³/mol. The van der Waals surface area contributed by atoms with Gasteiger partial charge in [-0.3, -0.25) is 0 Å². The van der Waals surface area contributed by atoms with Crippen LogP contribution in [-0.2, 0) is 28.6 Å². The fourth-order valence-corrected chi connectivity index (χ4v) is 1.39. The molecule has 0 aromatic carbocycles. The van der Waals surface area contributed by atoms with Crippen LogP contribution in [0.4, 0.5) is 13.2 Å². The van der Waals surface area contributed by atoms with Crippen molar-refractivity contribution in [3.63, 3.8) is 0 Å². The summed E-state index contributed by atoms with van der Waals surface area (Å²) in [6.45, 7) is 0. The summed E-state index contributed by atoms with van der Waals surface area (Å²) in [5.41, 5.74) is 0. The summed E-state index contributed by atoms with van der Waals surface area (Å²) in [6.07, 6.45) is -5.66. The standard InChI is InChI=1S/CHF3O7S2/c2-1(3,4)10-13(8,9)11-12(5,6)7/h(H,5,6,7)/p-1. The summed E-state index contributed by atoms with van der Waals surface area (Å²) in [7, 11) is -11.7. The van der Waals surface area contributed by atoms with Crippen LogP contribution in [0.15, 0.2) is 0 Å². The molecule has 0 spiro atoms. The summed E-state index contributed by atoms with van der Waals surface area (Å²) < 4.78 is 86.5. The van der Waals surface area contributed by atoms with Gasteiger partial charge in [0.15, 0.2) is 0 Å². The van der Waals surface area contributed by atoms with Gasteiger partial charge in [-0.1, -0.05) is 0 Å². The molecular formula is CF3O7S2-. The Labute approximate surface area is 70.3 Å². The van der Waals surface area contributed by atoms with Crippen LogP contribution in [0.2, 0.25) is 0 Å². The molecule has 0 amide bonds. The largest absolute Gasteiger partial charge is 0.725 e. The van der Waals surface area contributed by atoms with Gasteiger partial charge in [-0.15, -0.1) is 21.0 Å². The number of hydrogen-bond acceptors (Lipinski definition) is 7. The Balaban J connectivity index is 4.65. The molecule has 0 atom stereocenters. The highest BCUT2D eigenvalue weighted by Gasteiger charge is 2.38. The highest BCUT2D eigenvalue weighted by atomic mass is 32.3. The third kappa shape index (κ3) is 7.92. The summed E-state index contributed by atoms with van der Waals surface area (Å²) in [5.74, 6) is 0. The molecule has 0 radical (unpaired) electrons. The minimum Gasteiger partial charge on any atom is -0.725 e. The van der Waals surface area contributed by atoms with Crippen molar-refractivity contribution in [2.45, 2.75) is 6.36 Å². The zero-order valence-electron chi connectivity index (χ0n) is 5.31. The molecule has 0 fully saturated rings. The molecule has 0 unspecified atom stereocenters. The molecule has 0 aromatic rings. The second kappa shape index (κ2) is 3.38. The van der Waals surface area contributed by atoms with Gasteiger partial charge in [-0.2, -0.15) is 8.42 Å². The molecular weight excluding hydrogens is 245 g/mol. The second-order valence-electron chi connectivity index (χ2n) is 1.41. The average molecular weight is 245 g/mol. The first-order valence-corrected chi connectivity index (χ1v) is 4.77. The van der Waals surface area contributed by atoms with E-state index in [1.165, 1.54) is 0 Å². The molecule has 0 heterocycles. The molecule has 0 bridgehead atoms. The number of halogens is 3. The third-order valence-electron chi connectivity index (χ3n) is 0.363. The van der Waals surface area contributed by atoms with Crippen molar-refractivity contribution in [3.8, 4) is 0 Å². The van der Waals surface area contributed by atoms with Crippen molar-refractivity contribution < 1.29 is 42.4 Å². The Morgan fingerprint density at radius 2 is 1.46 bits per heavy atom. The highest BCUT2D eigenvalue weighted by Crippen LogP contribution is 2.20. The van der Waals surface area contributed by atoms with Crippen molar-refractivity contribution in [1.82, 2.24) is 0 Å². The lowest BCUT2D eigenvalue weighted by atomic mass is 11.4. The Morgan fingerprint density at radius 3 is 1.69 bits per heavy atom. The molecule has 0 N–H and O–H groups in total. The van der Waals surface area contributed by atoms with E-state index in [0.717, 1.165) is 0 Å². The van der Waals surface area contributed by atoms with E-state index in [1.807, 2.05) is 0 Å². The lowest BCUT2D eigenvalue weighted by molar-refractivity contribution is -0.274. The Morgan fingerprint density at radius 1 is 1.08 bits per heavy atom. The number of alkyl halides is 3. The lowest BCUT2D eigenvalue weighted by Gasteiger charge is -2.08. The van der Waals surface area contributed by atoms with Crippen molar-refractivity contribution in [2.24, 2.45) is 0 Å². The van der Waals surface area contributed by atoms with Gasteiger partial charge in [0.1, 0.15) is 0 Å². The van der Waals surface area contributed by atoms with Crippen molar-refractivity contribution in [2.75, 3.05) is 0 Å². The zero-order chi connectivity index (χ0) is 10.9. The summed E-state index contributed by atoms with van der Waals surface area (Å²) >= 11 is 0. The van der Waals surface area contributed by atoms with Gasteiger partial charge in [0.2, 0.25) is 10.4 Å². The van der Waals surface area contributed by atoms with Crippen molar-refractivity contribution in [3.05, 3.63) is 0 Å². The molecule has 0 rings (SSSR count). The Hall–Kier alpha value is -0.430. The minimum absolute atomic E-state index is 2.17. The number of hydrogen-bond donors (Lipinski definition) is 0. The normalized spacial score (nSPS) is 14.5. The molecule has 80 valence electrons. The van der Waals surface area contributed by atoms with Crippen LogP contribution in [0.25, 0.3) is 0 Å². The van der Waals surface area contributed by atoms with Gasteiger partial charge < -0.3 is 4.55 Å².